The lowest BCUT2D eigenvalue weighted by Crippen LogP contribution is -2.33. The van der Waals surface area contributed by atoms with Crippen LogP contribution in [0.2, 0.25) is 0 Å². The molecule has 0 spiro atoms. The quantitative estimate of drug-likeness (QED) is 0.769. The summed E-state index contributed by atoms with van der Waals surface area (Å²) in [4.78, 5) is 26.4. The zero-order chi connectivity index (χ0) is 15.3. The number of nitrogen functional groups attached to an aromatic ring is 1. The second-order valence-corrected chi connectivity index (χ2v) is 5.20. The number of alkyl carbamates (subject to hydrolysis) is 1. The molecular formula is C13H19N3O4. The van der Waals surface area contributed by atoms with Gasteiger partial charge in [-0.15, -0.1) is 0 Å². The van der Waals surface area contributed by atoms with Gasteiger partial charge in [-0.2, -0.15) is 0 Å². The first-order chi connectivity index (χ1) is 9.20. The van der Waals surface area contributed by atoms with Crippen molar-refractivity contribution < 1.29 is 19.4 Å². The van der Waals surface area contributed by atoms with Crippen LogP contribution in [0.25, 0.3) is 0 Å². The lowest BCUT2D eigenvalue weighted by molar-refractivity contribution is 0.0527. The van der Waals surface area contributed by atoms with E-state index in [0.717, 1.165) is 0 Å². The Labute approximate surface area is 117 Å². The van der Waals surface area contributed by atoms with Crippen molar-refractivity contribution in [3.63, 3.8) is 0 Å². The summed E-state index contributed by atoms with van der Waals surface area (Å²) in [7, 11) is 0. The van der Waals surface area contributed by atoms with Crippen LogP contribution in [0.5, 0.6) is 0 Å². The third-order valence-electron chi connectivity index (χ3n) is 2.33. The average Bonchev–Trinajstić information content (AvgIpc) is 2.28. The summed E-state index contributed by atoms with van der Waals surface area (Å²) in [6.07, 6.45) is 1.17. The Morgan fingerprint density at radius 3 is 2.65 bits per heavy atom. The summed E-state index contributed by atoms with van der Waals surface area (Å²) < 4.78 is 5.07. The number of nitrogens with zero attached hydrogens (tertiary/aromatic N) is 1. The molecule has 0 unspecified atom stereocenters. The van der Waals surface area contributed by atoms with Gasteiger partial charge in [0.1, 0.15) is 5.60 Å². The van der Waals surface area contributed by atoms with E-state index in [0.29, 0.717) is 12.1 Å². The summed E-state index contributed by atoms with van der Waals surface area (Å²) >= 11 is 0. The second kappa shape index (κ2) is 6.23. The zero-order valence-corrected chi connectivity index (χ0v) is 11.8. The number of carboxylic acids is 1. The van der Waals surface area contributed by atoms with E-state index in [1.54, 1.807) is 20.8 Å². The molecule has 1 rings (SSSR count). The molecule has 110 valence electrons. The molecule has 7 nitrogen and oxygen atoms in total. The van der Waals surface area contributed by atoms with Crippen molar-refractivity contribution in [2.45, 2.75) is 32.8 Å². The van der Waals surface area contributed by atoms with E-state index < -0.39 is 17.7 Å². The number of nitrogens with one attached hydrogen (secondary N) is 1. The van der Waals surface area contributed by atoms with Crippen molar-refractivity contribution in [1.82, 2.24) is 10.3 Å². The highest BCUT2D eigenvalue weighted by molar-refractivity contribution is 5.93. The Bertz CT molecular complexity index is 509. The molecule has 20 heavy (non-hydrogen) atoms. The molecule has 0 saturated heterocycles. The minimum atomic E-state index is -1.11. The van der Waals surface area contributed by atoms with E-state index in [1.165, 1.54) is 12.3 Å². The SMILES string of the molecule is CC(C)(C)OC(=O)NCCc1nccc(C(=O)O)c1N. The number of rotatable bonds is 4. The molecule has 7 heteroatoms. The number of ether oxygens (including phenoxy) is 1. The molecule has 0 aliphatic rings. The fourth-order valence-electron chi connectivity index (χ4n) is 1.50. The van der Waals surface area contributed by atoms with Crippen LogP contribution in [0.15, 0.2) is 12.3 Å². The Kier molecular flexibility index (Phi) is 4.90. The number of hydrogen-bond donors (Lipinski definition) is 3. The second-order valence-electron chi connectivity index (χ2n) is 5.20. The van der Waals surface area contributed by atoms with Crippen LogP contribution in [0.3, 0.4) is 0 Å². The van der Waals surface area contributed by atoms with Crippen molar-refractivity contribution in [3.8, 4) is 0 Å². The molecule has 0 aliphatic heterocycles. The maximum atomic E-state index is 11.4. The van der Waals surface area contributed by atoms with E-state index in [2.05, 4.69) is 10.3 Å². The first-order valence-electron chi connectivity index (χ1n) is 6.14. The molecule has 1 aromatic heterocycles. The normalized spacial score (nSPS) is 10.9. The van der Waals surface area contributed by atoms with Gasteiger partial charge in [-0.25, -0.2) is 9.59 Å². The third-order valence-corrected chi connectivity index (χ3v) is 2.33. The van der Waals surface area contributed by atoms with Crippen LogP contribution in [0.1, 0.15) is 36.8 Å². The minimum Gasteiger partial charge on any atom is -0.478 e. The fourth-order valence-corrected chi connectivity index (χ4v) is 1.50. The number of amides is 1. The van der Waals surface area contributed by atoms with Crippen LogP contribution < -0.4 is 11.1 Å². The van der Waals surface area contributed by atoms with Crippen molar-refractivity contribution in [2.75, 3.05) is 12.3 Å². The predicted octanol–water partition coefficient (Wildman–Crippen LogP) is 1.43. The van der Waals surface area contributed by atoms with Crippen LogP contribution in [-0.2, 0) is 11.2 Å². The highest BCUT2D eigenvalue weighted by Crippen LogP contribution is 2.15. The summed E-state index contributed by atoms with van der Waals surface area (Å²) in [5.74, 6) is -1.11. The van der Waals surface area contributed by atoms with Crippen molar-refractivity contribution in [3.05, 3.63) is 23.5 Å². The number of nitrogens with two attached hydrogens (primary N) is 1. The number of hydrogen-bond acceptors (Lipinski definition) is 5. The molecule has 1 heterocycles. The molecular weight excluding hydrogens is 262 g/mol. The minimum absolute atomic E-state index is 0.00673. The van der Waals surface area contributed by atoms with Crippen LogP contribution in [0, 0.1) is 0 Å². The third kappa shape index (κ3) is 4.75. The first-order valence-corrected chi connectivity index (χ1v) is 6.14. The molecule has 0 aliphatic carbocycles. The number of aromatic carboxylic acids is 1. The fraction of sp³-hybridized carbons (Fsp3) is 0.462. The van der Waals surface area contributed by atoms with Crippen LogP contribution in [0.4, 0.5) is 10.5 Å². The molecule has 0 fully saturated rings. The van der Waals surface area contributed by atoms with Crippen molar-refractivity contribution in [2.24, 2.45) is 0 Å². The van der Waals surface area contributed by atoms with Crippen molar-refractivity contribution in [1.29, 1.82) is 0 Å². The molecule has 1 amide bonds. The number of aromatic nitrogens is 1. The summed E-state index contributed by atoms with van der Waals surface area (Å²) in [5, 5.41) is 11.5. The van der Waals surface area contributed by atoms with E-state index in [-0.39, 0.29) is 17.8 Å². The Balaban J connectivity index is 2.57. The smallest absolute Gasteiger partial charge is 0.407 e. The van der Waals surface area contributed by atoms with Gasteiger partial charge in [-0.3, -0.25) is 4.98 Å². The summed E-state index contributed by atoms with van der Waals surface area (Å²) in [5.41, 5.74) is 5.71. The monoisotopic (exact) mass is 281 g/mol. The zero-order valence-electron chi connectivity index (χ0n) is 11.8. The number of anilines is 1. The molecule has 0 radical (unpaired) electrons. The molecule has 0 aromatic carbocycles. The topological polar surface area (TPSA) is 115 Å². The van der Waals surface area contributed by atoms with E-state index in [4.69, 9.17) is 15.6 Å². The van der Waals surface area contributed by atoms with Gasteiger partial charge in [0.25, 0.3) is 0 Å². The predicted molar refractivity (Wildman–Crippen MR) is 73.5 cm³/mol. The van der Waals surface area contributed by atoms with Crippen molar-refractivity contribution >= 4 is 17.7 Å². The van der Waals surface area contributed by atoms with Gasteiger partial charge in [-0.05, 0) is 26.8 Å². The molecule has 1 aromatic rings. The molecule has 0 bridgehead atoms. The van der Waals surface area contributed by atoms with Gasteiger partial charge >= 0.3 is 12.1 Å². The van der Waals surface area contributed by atoms with Gasteiger partial charge in [0.05, 0.1) is 16.9 Å². The lowest BCUT2D eigenvalue weighted by atomic mass is 10.1. The molecule has 0 saturated carbocycles. The van der Waals surface area contributed by atoms with Gasteiger partial charge in [0.15, 0.2) is 0 Å². The van der Waals surface area contributed by atoms with Gasteiger partial charge < -0.3 is 20.9 Å². The first kappa shape index (κ1) is 15.7. The maximum Gasteiger partial charge on any atom is 0.407 e. The maximum absolute atomic E-state index is 11.4. The van der Waals surface area contributed by atoms with E-state index >= 15 is 0 Å². The van der Waals surface area contributed by atoms with Crippen LogP contribution >= 0.6 is 0 Å². The number of carboxylic acid groups (broad SMARTS) is 1. The summed E-state index contributed by atoms with van der Waals surface area (Å²) in [6, 6.07) is 1.34. The van der Waals surface area contributed by atoms with Gasteiger partial charge in [0, 0.05) is 19.2 Å². The lowest BCUT2D eigenvalue weighted by Gasteiger charge is -2.19. The average molecular weight is 281 g/mol. The standard InChI is InChI=1S/C13H19N3O4/c1-13(2,3)20-12(19)16-7-5-9-10(14)8(11(17)18)4-6-15-9/h4,6H,5,7,14H2,1-3H3,(H,16,19)(H,17,18). The van der Waals surface area contributed by atoms with Gasteiger partial charge in [-0.1, -0.05) is 0 Å². The van der Waals surface area contributed by atoms with Gasteiger partial charge in [0.2, 0.25) is 0 Å². The number of carbonyl (C=O) groups excluding carboxylic acids is 1. The Morgan fingerprint density at radius 2 is 2.10 bits per heavy atom. The molecule has 4 N–H and O–H groups in total. The summed E-state index contributed by atoms with van der Waals surface area (Å²) in [6.45, 7) is 5.56. The highest BCUT2D eigenvalue weighted by Gasteiger charge is 2.16. The molecule has 0 atom stereocenters. The van der Waals surface area contributed by atoms with E-state index in [9.17, 15) is 9.59 Å². The largest absolute Gasteiger partial charge is 0.478 e. The van der Waals surface area contributed by atoms with Crippen LogP contribution in [-0.4, -0.2) is 34.3 Å². The Hall–Kier alpha value is -2.31. The van der Waals surface area contributed by atoms with E-state index in [1.807, 2.05) is 0 Å². The number of carbonyl (C=O) groups is 2. The highest BCUT2D eigenvalue weighted by atomic mass is 16.6. The Morgan fingerprint density at radius 1 is 1.45 bits per heavy atom. The number of pyridine rings is 1.